The first-order valence-corrected chi connectivity index (χ1v) is 14.8. The molecule has 1 aliphatic heterocycles. The monoisotopic (exact) mass is 598 g/mol. The van der Waals surface area contributed by atoms with Crippen molar-refractivity contribution in [3.63, 3.8) is 0 Å². The summed E-state index contributed by atoms with van der Waals surface area (Å²) in [5.74, 6) is -0.455. The van der Waals surface area contributed by atoms with Crippen LogP contribution >= 0.6 is 34.5 Å². The van der Waals surface area contributed by atoms with Gasteiger partial charge in [0.15, 0.2) is 0 Å². The van der Waals surface area contributed by atoms with Crippen molar-refractivity contribution >= 4 is 56.4 Å². The van der Waals surface area contributed by atoms with Crippen LogP contribution < -0.4 is 15.8 Å². The first-order chi connectivity index (χ1) is 18.1. The lowest BCUT2D eigenvalue weighted by atomic mass is 9.95. The van der Waals surface area contributed by atoms with E-state index in [-0.39, 0.29) is 30.0 Å². The number of pyridine rings is 1. The van der Waals surface area contributed by atoms with Crippen LogP contribution in [0, 0.1) is 5.92 Å². The summed E-state index contributed by atoms with van der Waals surface area (Å²) in [6.07, 6.45) is 3.45. The van der Waals surface area contributed by atoms with Gasteiger partial charge in [-0.3, -0.25) is 8.98 Å². The van der Waals surface area contributed by atoms with Gasteiger partial charge in [0.1, 0.15) is 17.3 Å². The van der Waals surface area contributed by atoms with Gasteiger partial charge in [0.25, 0.3) is 0 Å². The SMILES string of the molecule is NS(=O)(=O)OC[C@H]1C[C@@H](Nc2ncncc2C(=O)c2cc([C@H]3NCCc4ccc(Cl)nc43)c(Cl)s2)C[C@@H]1O. The van der Waals surface area contributed by atoms with E-state index in [1.54, 1.807) is 12.1 Å². The van der Waals surface area contributed by atoms with Gasteiger partial charge in [-0.25, -0.2) is 20.1 Å². The molecule has 0 radical (unpaired) electrons. The predicted octanol–water partition coefficient (Wildman–Crippen LogP) is 2.48. The van der Waals surface area contributed by atoms with E-state index in [0.29, 0.717) is 33.0 Å². The lowest BCUT2D eigenvalue weighted by Gasteiger charge is -2.25. The van der Waals surface area contributed by atoms with E-state index >= 15 is 0 Å². The molecule has 0 spiro atoms. The Kier molecular flexibility index (Phi) is 7.99. The number of nitrogens with two attached hydrogens (primary N) is 1. The highest BCUT2D eigenvalue weighted by Crippen LogP contribution is 2.39. The van der Waals surface area contributed by atoms with E-state index in [0.717, 1.165) is 41.1 Å². The predicted molar refractivity (Wildman–Crippen MR) is 143 cm³/mol. The molecular formula is C23H24Cl2N6O5S2. The van der Waals surface area contributed by atoms with Gasteiger partial charge in [-0.05, 0) is 37.0 Å². The molecule has 11 nitrogen and oxygen atoms in total. The van der Waals surface area contributed by atoms with Crippen LogP contribution in [-0.2, 0) is 20.9 Å². The average Bonchev–Trinajstić information content (AvgIpc) is 3.43. The minimum absolute atomic E-state index is 0.234. The van der Waals surface area contributed by atoms with E-state index in [9.17, 15) is 18.3 Å². The number of aliphatic hydroxyl groups is 1. The summed E-state index contributed by atoms with van der Waals surface area (Å²) in [4.78, 5) is 26.7. The van der Waals surface area contributed by atoms with Crippen LogP contribution in [0.5, 0.6) is 0 Å². The molecular weight excluding hydrogens is 575 g/mol. The molecule has 3 aromatic heterocycles. The summed E-state index contributed by atoms with van der Waals surface area (Å²) in [5, 5.41) is 22.2. The Morgan fingerprint density at radius 3 is 2.92 bits per heavy atom. The van der Waals surface area contributed by atoms with Crippen molar-refractivity contribution in [1.29, 1.82) is 0 Å². The standard InChI is InChI=1S/C23H24Cl2N6O5S2/c24-18-2-1-11-3-4-28-20(19(11)31-18)14-7-17(37-22(14)25)21(33)15-8-27-10-29-23(15)30-13-5-12(16(32)6-13)9-36-38(26,34)35/h1-2,7-8,10,12-13,16,20,28,32H,3-6,9H2,(H2,26,34,35)(H,27,29,30)/t12-,13-,16+,20-/m1/s1. The molecule has 0 aromatic carbocycles. The molecule has 5 N–H and O–H groups in total. The van der Waals surface area contributed by atoms with Gasteiger partial charge in [0, 0.05) is 30.3 Å². The van der Waals surface area contributed by atoms with E-state index in [1.807, 2.05) is 6.07 Å². The number of carbonyl (C=O) groups excluding carboxylic acids is 1. The summed E-state index contributed by atoms with van der Waals surface area (Å²) in [6.45, 7) is 0.496. The van der Waals surface area contributed by atoms with Gasteiger partial charge in [0.2, 0.25) is 5.78 Å². The zero-order valence-corrected chi connectivity index (χ0v) is 22.9. The largest absolute Gasteiger partial charge is 0.393 e. The third-order valence-corrected chi connectivity index (χ3v) is 8.71. The van der Waals surface area contributed by atoms with Gasteiger partial charge in [0.05, 0.1) is 39.2 Å². The smallest absolute Gasteiger partial charge is 0.333 e. The average molecular weight is 600 g/mol. The third-order valence-electron chi connectivity index (χ3n) is 6.64. The molecule has 2 aliphatic rings. The highest BCUT2D eigenvalue weighted by molar-refractivity contribution is 7.84. The van der Waals surface area contributed by atoms with Crippen LogP contribution in [0.4, 0.5) is 5.82 Å². The Balaban J connectivity index is 1.35. The van der Waals surface area contributed by atoms with Gasteiger partial charge < -0.3 is 15.7 Å². The van der Waals surface area contributed by atoms with Crippen molar-refractivity contribution in [3.05, 3.63) is 67.5 Å². The Labute approximate surface area is 233 Å². The Morgan fingerprint density at radius 1 is 1.32 bits per heavy atom. The Morgan fingerprint density at radius 2 is 2.13 bits per heavy atom. The maximum absolute atomic E-state index is 13.6. The van der Waals surface area contributed by atoms with Gasteiger partial charge in [-0.2, -0.15) is 8.42 Å². The maximum Gasteiger partial charge on any atom is 0.333 e. The molecule has 15 heteroatoms. The normalized spacial score (nSPS) is 23.3. The van der Waals surface area contributed by atoms with Crippen LogP contribution in [0.2, 0.25) is 9.49 Å². The minimum Gasteiger partial charge on any atom is -0.393 e. The number of ketones is 1. The van der Waals surface area contributed by atoms with E-state index in [4.69, 9.17) is 28.3 Å². The number of nitrogens with zero attached hydrogens (tertiary/aromatic N) is 3. The molecule has 3 aromatic rings. The molecule has 1 saturated carbocycles. The molecule has 0 bridgehead atoms. The van der Waals surface area contributed by atoms with Crippen molar-refractivity contribution in [2.75, 3.05) is 18.5 Å². The van der Waals surface area contributed by atoms with Gasteiger partial charge in [-0.1, -0.05) is 29.3 Å². The van der Waals surface area contributed by atoms with Crippen LogP contribution in [0.25, 0.3) is 0 Å². The number of carbonyl (C=O) groups is 1. The number of anilines is 1. The molecule has 202 valence electrons. The fourth-order valence-electron chi connectivity index (χ4n) is 4.86. The maximum atomic E-state index is 13.6. The number of aromatic nitrogens is 3. The van der Waals surface area contributed by atoms with Gasteiger partial charge in [-0.15, -0.1) is 11.3 Å². The summed E-state index contributed by atoms with van der Waals surface area (Å²) in [5.41, 5.74) is 2.84. The topological polar surface area (TPSA) is 169 Å². The third kappa shape index (κ3) is 6.00. The molecule has 0 unspecified atom stereocenters. The number of thiophene rings is 1. The molecule has 4 heterocycles. The zero-order chi connectivity index (χ0) is 27.0. The van der Waals surface area contributed by atoms with Crippen molar-refractivity contribution in [3.8, 4) is 0 Å². The van der Waals surface area contributed by atoms with Crippen molar-refractivity contribution in [2.45, 2.75) is 37.5 Å². The number of hydrogen-bond acceptors (Lipinski definition) is 11. The van der Waals surface area contributed by atoms with Crippen LogP contribution in [0.3, 0.4) is 0 Å². The second-order valence-corrected chi connectivity index (χ2v) is 12.4. The lowest BCUT2D eigenvalue weighted by molar-refractivity contribution is 0.101. The molecule has 0 saturated heterocycles. The molecule has 0 amide bonds. The number of hydrogen-bond donors (Lipinski definition) is 4. The quantitative estimate of drug-likeness (QED) is 0.223. The lowest BCUT2D eigenvalue weighted by Crippen LogP contribution is -2.31. The zero-order valence-electron chi connectivity index (χ0n) is 19.8. The van der Waals surface area contributed by atoms with Crippen molar-refractivity contribution in [1.82, 2.24) is 20.3 Å². The van der Waals surface area contributed by atoms with Gasteiger partial charge >= 0.3 is 10.3 Å². The second kappa shape index (κ2) is 11.1. The minimum atomic E-state index is -4.11. The summed E-state index contributed by atoms with van der Waals surface area (Å²) in [6, 6.07) is 4.89. The number of rotatable bonds is 8. The van der Waals surface area contributed by atoms with Crippen LogP contribution in [0.1, 0.15) is 50.9 Å². The van der Waals surface area contributed by atoms with Crippen molar-refractivity contribution in [2.24, 2.45) is 11.1 Å². The molecule has 1 aliphatic carbocycles. The fourth-order valence-corrected chi connectivity index (χ4v) is 6.66. The Bertz CT molecular complexity index is 1470. The highest BCUT2D eigenvalue weighted by atomic mass is 35.5. The number of halogens is 2. The molecule has 1 fully saturated rings. The van der Waals surface area contributed by atoms with E-state index < -0.39 is 22.3 Å². The summed E-state index contributed by atoms with van der Waals surface area (Å²) < 4.78 is 27.3. The van der Waals surface area contributed by atoms with E-state index in [2.05, 4.69) is 29.8 Å². The summed E-state index contributed by atoms with van der Waals surface area (Å²) >= 11 is 13.9. The second-order valence-electron chi connectivity index (χ2n) is 9.19. The number of nitrogens with one attached hydrogen (secondary N) is 2. The van der Waals surface area contributed by atoms with Crippen molar-refractivity contribution < 1.29 is 22.5 Å². The first kappa shape index (κ1) is 27.3. The number of aliphatic hydroxyl groups excluding tert-OH is 1. The highest BCUT2D eigenvalue weighted by Gasteiger charge is 2.35. The Hall–Kier alpha value is -2.23. The molecule has 5 rings (SSSR count). The first-order valence-electron chi connectivity index (χ1n) is 11.7. The molecule has 4 atom stereocenters. The van der Waals surface area contributed by atoms with Crippen LogP contribution in [-0.4, -0.2) is 59.6 Å². The van der Waals surface area contributed by atoms with Crippen LogP contribution in [0.15, 0.2) is 30.7 Å². The fraction of sp³-hybridized carbons (Fsp3) is 0.391. The van der Waals surface area contributed by atoms with E-state index in [1.165, 1.54) is 12.5 Å². The molecule has 38 heavy (non-hydrogen) atoms. The number of fused-ring (bicyclic) bond motifs is 1. The summed E-state index contributed by atoms with van der Waals surface area (Å²) in [7, 11) is -4.11.